The fraction of sp³-hybridized carbons (Fsp3) is 0.708. The summed E-state index contributed by atoms with van der Waals surface area (Å²) in [6, 6.07) is 10.2. The molecule has 2 atom stereocenters. The van der Waals surface area contributed by atoms with E-state index < -0.39 is 0 Å². The molecule has 0 aliphatic heterocycles. The van der Waals surface area contributed by atoms with Crippen LogP contribution in [0.4, 0.5) is 0 Å². The first-order chi connectivity index (χ1) is 13.2. The number of hydrogen-bond donors (Lipinski definition) is 1. The molecule has 1 saturated carbocycles. The third-order valence-corrected chi connectivity index (χ3v) is 5.89. The van der Waals surface area contributed by atoms with Gasteiger partial charge in [0.2, 0.25) is 0 Å². The second-order valence-corrected chi connectivity index (χ2v) is 8.07. The van der Waals surface area contributed by atoms with Gasteiger partial charge >= 0.3 is 5.97 Å². The highest BCUT2D eigenvalue weighted by molar-refractivity contribution is 5.78. The molecule has 1 aliphatic rings. The van der Waals surface area contributed by atoms with Gasteiger partial charge in [0.05, 0.1) is 0 Å². The molecule has 1 N–H and O–H groups in total. The van der Waals surface area contributed by atoms with Crippen LogP contribution in [0, 0.1) is 5.92 Å². The summed E-state index contributed by atoms with van der Waals surface area (Å²) in [7, 11) is 0. The quantitative estimate of drug-likeness (QED) is 0.470. The number of hydrogen-bond acceptors (Lipinski definition) is 3. The van der Waals surface area contributed by atoms with Gasteiger partial charge in [0.1, 0.15) is 12.1 Å². The molecule has 1 fully saturated rings. The van der Waals surface area contributed by atoms with Gasteiger partial charge in [0.15, 0.2) is 0 Å². The van der Waals surface area contributed by atoms with Crippen molar-refractivity contribution in [3.8, 4) is 0 Å². The number of carbonyl (C=O) groups excluding carboxylic acids is 1. The van der Waals surface area contributed by atoms with E-state index in [2.05, 4.69) is 26.1 Å². The second-order valence-electron chi connectivity index (χ2n) is 8.07. The molecular weight excluding hydrogens is 334 g/mol. The minimum absolute atomic E-state index is 0.0248. The summed E-state index contributed by atoms with van der Waals surface area (Å²) in [5, 5.41) is 3.63. The van der Waals surface area contributed by atoms with Crippen LogP contribution in [0.5, 0.6) is 0 Å². The van der Waals surface area contributed by atoms with Crippen molar-refractivity contribution < 1.29 is 9.53 Å². The van der Waals surface area contributed by atoms with Crippen molar-refractivity contribution in [3.05, 3.63) is 35.9 Å². The van der Waals surface area contributed by atoms with E-state index in [1.54, 1.807) is 0 Å². The molecule has 0 aromatic heterocycles. The molecule has 3 heteroatoms. The molecule has 1 unspecified atom stereocenters. The zero-order chi connectivity index (χ0) is 19.5. The summed E-state index contributed by atoms with van der Waals surface area (Å²) in [5.41, 5.74) is 1.02. The Morgan fingerprint density at radius 3 is 2.22 bits per heavy atom. The van der Waals surface area contributed by atoms with E-state index in [1.807, 2.05) is 30.3 Å². The van der Waals surface area contributed by atoms with Gasteiger partial charge in [0, 0.05) is 6.04 Å². The lowest BCUT2D eigenvalue weighted by Gasteiger charge is -2.31. The fourth-order valence-electron chi connectivity index (χ4n) is 4.44. The Bertz CT molecular complexity index is 518. The number of benzene rings is 1. The van der Waals surface area contributed by atoms with E-state index in [4.69, 9.17) is 4.74 Å². The zero-order valence-corrected chi connectivity index (χ0v) is 17.6. The van der Waals surface area contributed by atoms with Crippen LogP contribution in [-0.2, 0) is 9.53 Å². The van der Waals surface area contributed by atoms with Gasteiger partial charge in [-0.05, 0) is 43.6 Å². The van der Waals surface area contributed by atoms with E-state index in [-0.39, 0.29) is 18.1 Å². The van der Waals surface area contributed by atoms with Crippen molar-refractivity contribution in [1.29, 1.82) is 0 Å². The summed E-state index contributed by atoms with van der Waals surface area (Å²) in [6.07, 6.45) is 11.6. The van der Waals surface area contributed by atoms with Crippen LogP contribution in [0.15, 0.2) is 30.3 Å². The maximum Gasteiger partial charge on any atom is 0.328 e. The predicted molar refractivity (Wildman–Crippen MR) is 113 cm³/mol. The van der Waals surface area contributed by atoms with Crippen LogP contribution in [0.2, 0.25) is 0 Å². The average molecular weight is 374 g/mol. The molecule has 1 aliphatic carbocycles. The second kappa shape index (κ2) is 12.2. The first-order valence-corrected chi connectivity index (χ1v) is 11.2. The van der Waals surface area contributed by atoms with Crippen molar-refractivity contribution in [3.63, 3.8) is 0 Å². The maximum atomic E-state index is 13.2. The minimum atomic E-state index is -0.354. The highest BCUT2D eigenvalue weighted by atomic mass is 16.5. The molecule has 1 aromatic rings. The first-order valence-electron chi connectivity index (χ1n) is 11.2. The molecule has 152 valence electrons. The summed E-state index contributed by atoms with van der Waals surface area (Å²) in [4.78, 5) is 13.2. The Kier molecular flexibility index (Phi) is 9.90. The topological polar surface area (TPSA) is 38.3 Å². The number of nitrogens with one attached hydrogen (secondary N) is 1. The van der Waals surface area contributed by atoms with Crippen LogP contribution in [0.25, 0.3) is 0 Å². The lowest BCUT2D eigenvalue weighted by molar-refractivity contribution is -0.155. The summed E-state index contributed by atoms with van der Waals surface area (Å²) in [5.74, 6) is 0.371. The lowest BCUT2D eigenvalue weighted by Crippen LogP contribution is -2.40. The van der Waals surface area contributed by atoms with Gasteiger partial charge in [-0.1, -0.05) is 83.2 Å². The summed E-state index contributed by atoms with van der Waals surface area (Å²) in [6.45, 7) is 6.57. The molecule has 3 nitrogen and oxygen atoms in total. The fourth-order valence-corrected chi connectivity index (χ4v) is 4.44. The van der Waals surface area contributed by atoms with Gasteiger partial charge < -0.3 is 4.74 Å². The number of rotatable bonds is 11. The highest BCUT2D eigenvalue weighted by Gasteiger charge is 2.30. The number of esters is 1. The van der Waals surface area contributed by atoms with Gasteiger partial charge in [-0.25, -0.2) is 4.79 Å². The summed E-state index contributed by atoms with van der Waals surface area (Å²) < 4.78 is 6.12. The van der Waals surface area contributed by atoms with Crippen LogP contribution >= 0.6 is 0 Å². The van der Waals surface area contributed by atoms with E-state index in [0.29, 0.717) is 12.0 Å². The average Bonchev–Trinajstić information content (AvgIpc) is 2.71. The molecule has 0 bridgehead atoms. The van der Waals surface area contributed by atoms with Crippen LogP contribution < -0.4 is 5.32 Å². The van der Waals surface area contributed by atoms with Crippen molar-refractivity contribution in [2.45, 2.75) is 103 Å². The zero-order valence-electron chi connectivity index (χ0n) is 17.6. The summed E-state index contributed by atoms with van der Waals surface area (Å²) >= 11 is 0. The van der Waals surface area contributed by atoms with E-state index in [1.165, 1.54) is 19.3 Å². The van der Waals surface area contributed by atoms with Crippen molar-refractivity contribution in [1.82, 2.24) is 5.32 Å². The Morgan fingerprint density at radius 1 is 1.04 bits per heavy atom. The molecule has 27 heavy (non-hydrogen) atoms. The molecule has 0 amide bonds. The largest absolute Gasteiger partial charge is 0.461 e. The monoisotopic (exact) mass is 373 g/mol. The van der Waals surface area contributed by atoms with Gasteiger partial charge in [-0.3, -0.25) is 5.32 Å². The molecule has 0 radical (unpaired) electrons. The first kappa shape index (κ1) is 21.9. The van der Waals surface area contributed by atoms with Gasteiger partial charge in [-0.15, -0.1) is 0 Å². The van der Waals surface area contributed by atoms with Gasteiger partial charge in [-0.2, -0.15) is 0 Å². The highest BCUT2D eigenvalue weighted by Crippen LogP contribution is 2.27. The molecule has 1 aromatic carbocycles. The molecule has 0 spiro atoms. The standard InChI is InChI=1S/C24H39NO2/c1-4-13-19(14-5-2)22(6-3)27-24(26)23(20-15-9-7-10-16-20)25-21-17-11-8-12-18-21/h7,9-10,15-16,19,21-23,25H,4-6,8,11-14,17-18H2,1-3H3/t22-,23?/m0/s1. The van der Waals surface area contributed by atoms with Gasteiger partial charge in [0.25, 0.3) is 0 Å². The lowest BCUT2D eigenvalue weighted by atomic mass is 9.90. The molecule has 0 heterocycles. The number of ether oxygens (including phenoxy) is 1. The molecular formula is C24H39NO2. The Morgan fingerprint density at radius 2 is 1.67 bits per heavy atom. The smallest absolute Gasteiger partial charge is 0.328 e. The SMILES string of the molecule is CCCC(CCC)[C@H](CC)OC(=O)C(NC1CCCCC1)c1ccccc1. The van der Waals surface area contributed by atoms with Crippen LogP contribution in [0.3, 0.4) is 0 Å². The van der Waals surface area contributed by atoms with Crippen LogP contribution in [0.1, 0.15) is 96.6 Å². The van der Waals surface area contributed by atoms with Crippen molar-refractivity contribution >= 4 is 5.97 Å². The minimum Gasteiger partial charge on any atom is -0.461 e. The molecule has 0 saturated heterocycles. The number of carbonyl (C=O) groups is 1. The normalized spacial score (nSPS) is 17.6. The third-order valence-electron chi connectivity index (χ3n) is 5.89. The van der Waals surface area contributed by atoms with E-state index in [9.17, 15) is 4.79 Å². The maximum absolute atomic E-state index is 13.2. The Labute approximate surface area is 166 Å². The Hall–Kier alpha value is -1.35. The third kappa shape index (κ3) is 6.95. The van der Waals surface area contributed by atoms with E-state index >= 15 is 0 Å². The van der Waals surface area contributed by atoms with Crippen molar-refractivity contribution in [2.24, 2.45) is 5.92 Å². The predicted octanol–water partition coefficient (Wildman–Crippen LogP) is 6.19. The van der Waals surface area contributed by atoms with Crippen molar-refractivity contribution in [2.75, 3.05) is 0 Å². The molecule has 2 rings (SSSR count). The van der Waals surface area contributed by atoms with E-state index in [0.717, 1.165) is 50.5 Å². The Balaban J connectivity index is 2.11. The van der Waals surface area contributed by atoms with Crippen LogP contribution in [-0.4, -0.2) is 18.1 Å².